The van der Waals surface area contributed by atoms with E-state index in [1.165, 1.54) is 25.8 Å². The number of carbonyl (C=O) groups is 1. The summed E-state index contributed by atoms with van der Waals surface area (Å²) in [6.45, 7) is 4.25. The lowest BCUT2D eigenvalue weighted by molar-refractivity contribution is -0.139. The van der Waals surface area contributed by atoms with E-state index in [2.05, 4.69) is 9.80 Å². The second kappa shape index (κ2) is 5.54. The Balaban J connectivity index is 1.28. The third kappa shape index (κ3) is 2.72. The molecule has 2 aliphatic heterocycles. The summed E-state index contributed by atoms with van der Waals surface area (Å²) in [5, 5.41) is 0. The molecule has 2 saturated heterocycles. The lowest BCUT2D eigenvalue weighted by atomic mass is 9.84. The average molecular weight is 291 g/mol. The highest BCUT2D eigenvalue weighted by Crippen LogP contribution is 2.41. The summed E-state index contributed by atoms with van der Waals surface area (Å²) in [6.07, 6.45) is 8.62. The fourth-order valence-corrected chi connectivity index (χ4v) is 4.57. The summed E-state index contributed by atoms with van der Waals surface area (Å²) in [5.41, 5.74) is 6.35. The molecule has 1 amide bonds. The fraction of sp³-hybridized carbons (Fsp3) is 0.941. The number of carbonyl (C=O) groups excluding carboxylic acids is 1. The molecule has 4 aliphatic rings. The highest BCUT2D eigenvalue weighted by Gasteiger charge is 2.43. The zero-order valence-electron chi connectivity index (χ0n) is 13.0. The molecule has 0 spiro atoms. The van der Waals surface area contributed by atoms with Crippen LogP contribution in [0.1, 0.15) is 44.9 Å². The van der Waals surface area contributed by atoms with E-state index in [0.717, 1.165) is 57.2 Å². The van der Waals surface area contributed by atoms with Crippen molar-refractivity contribution in [3.8, 4) is 0 Å². The van der Waals surface area contributed by atoms with Gasteiger partial charge in [0.1, 0.15) is 0 Å². The molecule has 0 unspecified atom stereocenters. The Morgan fingerprint density at radius 3 is 2.24 bits per heavy atom. The first-order chi connectivity index (χ1) is 10.2. The van der Waals surface area contributed by atoms with E-state index in [1.807, 2.05) is 0 Å². The van der Waals surface area contributed by atoms with E-state index in [4.69, 9.17) is 5.73 Å². The van der Waals surface area contributed by atoms with Gasteiger partial charge in [-0.15, -0.1) is 0 Å². The van der Waals surface area contributed by atoms with Crippen LogP contribution in [0.4, 0.5) is 0 Å². The molecule has 0 aromatic rings. The Morgan fingerprint density at radius 2 is 1.67 bits per heavy atom. The van der Waals surface area contributed by atoms with Crippen molar-refractivity contribution in [2.24, 2.45) is 23.5 Å². The zero-order chi connectivity index (χ0) is 14.4. The molecule has 4 heteroatoms. The van der Waals surface area contributed by atoms with Crippen LogP contribution in [0.5, 0.6) is 0 Å². The maximum absolute atomic E-state index is 12.3. The standard InChI is InChI=1S/C17H29N3O/c18-16-11-20(10-15(16)12-4-5-12)14-6-8-19(9-7-14)17(21)13-2-1-3-13/h12-16H,1-11,18H2/t15-,16+/m1/s1. The van der Waals surface area contributed by atoms with E-state index < -0.39 is 0 Å². The van der Waals surface area contributed by atoms with Crippen molar-refractivity contribution in [1.29, 1.82) is 0 Å². The third-order valence-electron chi connectivity index (χ3n) is 6.42. The summed E-state index contributed by atoms with van der Waals surface area (Å²) in [7, 11) is 0. The van der Waals surface area contributed by atoms with Gasteiger partial charge in [0.25, 0.3) is 0 Å². The zero-order valence-corrected chi connectivity index (χ0v) is 13.0. The molecule has 2 heterocycles. The number of likely N-dealkylation sites (tertiary alicyclic amines) is 2. The van der Waals surface area contributed by atoms with Gasteiger partial charge in [-0.2, -0.15) is 0 Å². The summed E-state index contributed by atoms with van der Waals surface area (Å²) in [5.74, 6) is 2.47. The maximum Gasteiger partial charge on any atom is 0.225 e. The van der Waals surface area contributed by atoms with Gasteiger partial charge in [-0.1, -0.05) is 6.42 Å². The first-order valence-corrected chi connectivity index (χ1v) is 9.01. The summed E-state index contributed by atoms with van der Waals surface area (Å²) < 4.78 is 0. The lowest BCUT2D eigenvalue weighted by Gasteiger charge is -2.39. The van der Waals surface area contributed by atoms with Gasteiger partial charge in [0.2, 0.25) is 5.91 Å². The number of hydrogen-bond acceptors (Lipinski definition) is 3. The van der Waals surface area contributed by atoms with E-state index >= 15 is 0 Å². The summed E-state index contributed by atoms with van der Waals surface area (Å²) in [4.78, 5) is 17.1. The molecule has 2 aliphatic carbocycles. The molecular formula is C17H29N3O. The minimum atomic E-state index is 0.362. The monoisotopic (exact) mass is 291 g/mol. The molecule has 4 rings (SSSR count). The molecule has 0 aromatic heterocycles. The van der Waals surface area contributed by atoms with Gasteiger partial charge in [0.15, 0.2) is 0 Å². The van der Waals surface area contributed by atoms with Crippen molar-refractivity contribution in [2.45, 2.75) is 57.0 Å². The van der Waals surface area contributed by atoms with E-state index in [-0.39, 0.29) is 0 Å². The predicted molar refractivity (Wildman–Crippen MR) is 82.7 cm³/mol. The molecule has 4 fully saturated rings. The van der Waals surface area contributed by atoms with Crippen LogP contribution in [0, 0.1) is 17.8 Å². The molecule has 2 atom stereocenters. The van der Waals surface area contributed by atoms with Crippen molar-refractivity contribution in [3.63, 3.8) is 0 Å². The molecule has 21 heavy (non-hydrogen) atoms. The Morgan fingerprint density at radius 1 is 0.952 bits per heavy atom. The Hall–Kier alpha value is -0.610. The number of nitrogens with two attached hydrogens (primary N) is 1. The van der Waals surface area contributed by atoms with Gasteiger partial charge in [0.05, 0.1) is 0 Å². The number of amides is 1. The van der Waals surface area contributed by atoms with Gasteiger partial charge in [0, 0.05) is 44.2 Å². The maximum atomic E-state index is 12.3. The molecule has 118 valence electrons. The van der Waals surface area contributed by atoms with Crippen molar-refractivity contribution < 1.29 is 4.79 Å². The molecule has 4 nitrogen and oxygen atoms in total. The van der Waals surface area contributed by atoms with Gasteiger partial charge >= 0.3 is 0 Å². The SMILES string of the molecule is N[C@H]1CN(C2CCN(C(=O)C3CCC3)CC2)C[C@@H]1C1CC1. The normalized spacial score (nSPS) is 36.0. The van der Waals surface area contributed by atoms with E-state index in [1.54, 1.807) is 0 Å². The van der Waals surface area contributed by atoms with Crippen molar-refractivity contribution in [1.82, 2.24) is 9.80 Å². The summed E-state index contributed by atoms with van der Waals surface area (Å²) >= 11 is 0. The van der Waals surface area contributed by atoms with Crippen LogP contribution in [0.3, 0.4) is 0 Å². The quantitative estimate of drug-likeness (QED) is 0.856. The van der Waals surface area contributed by atoms with Crippen molar-refractivity contribution in [3.05, 3.63) is 0 Å². The van der Waals surface area contributed by atoms with Gasteiger partial charge in [-0.3, -0.25) is 9.69 Å². The fourth-order valence-electron chi connectivity index (χ4n) is 4.57. The van der Waals surface area contributed by atoms with Crippen LogP contribution >= 0.6 is 0 Å². The van der Waals surface area contributed by atoms with Crippen molar-refractivity contribution >= 4 is 5.91 Å². The highest BCUT2D eigenvalue weighted by molar-refractivity contribution is 5.79. The van der Waals surface area contributed by atoms with E-state index in [9.17, 15) is 4.79 Å². The molecule has 2 saturated carbocycles. The minimum absolute atomic E-state index is 0.362. The number of hydrogen-bond donors (Lipinski definition) is 1. The minimum Gasteiger partial charge on any atom is -0.342 e. The largest absolute Gasteiger partial charge is 0.342 e. The average Bonchev–Trinajstić information content (AvgIpc) is 3.20. The molecule has 2 N–H and O–H groups in total. The van der Waals surface area contributed by atoms with Crippen LogP contribution in [0.15, 0.2) is 0 Å². The topological polar surface area (TPSA) is 49.6 Å². The van der Waals surface area contributed by atoms with Crippen LogP contribution in [-0.2, 0) is 4.79 Å². The van der Waals surface area contributed by atoms with Crippen molar-refractivity contribution in [2.75, 3.05) is 26.2 Å². The number of nitrogens with zero attached hydrogens (tertiary/aromatic N) is 2. The highest BCUT2D eigenvalue weighted by atomic mass is 16.2. The van der Waals surface area contributed by atoms with Gasteiger partial charge < -0.3 is 10.6 Å². The number of piperidine rings is 1. The first kappa shape index (κ1) is 14.0. The first-order valence-electron chi connectivity index (χ1n) is 9.01. The van der Waals surface area contributed by atoms with Gasteiger partial charge in [-0.25, -0.2) is 0 Å². The Kier molecular flexibility index (Phi) is 3.70. The molecule has 0 radical (unpaired) electrons. The van der Waals surface area contributed by atoms with Crippen LogP contribution < -0.4 is 5.73 Å². The second-order valence-electron chi connectivity index (χ2n) is 7.80. The second-order valence-corrected chi connectivity index (χ2v) is 7.80. The Bertz CT molecular complexity index is 397. The lowest BCUT2D eigenvalue weighted by Crippen LogP contribution is -2.48. The molecular weight excluding hydrogens is 262 g/mol. The van der Waals surface area contributed by atoms with E-state index in [0.29, 0.717) is 23.9 Å². The smallest absolute Gasteiger partial charge is 0.225 e. The Labute approximate surface area is 128 Å². The van der Waals surface area contributed by atoms with Gasteiger partial charge in [-0.05, 0) is 50.4 Å². The predicted octanol–water partition coefficient (Wildman–Crippen LogP) is 1.45. The van der Waals surface area contributed by atoms with Crippen LogP contribution in [0.2, 0.25) is 0 Å². The number of rotatable bonds is 3. The molecule has 0 bridgehead atoms. The van der Waals surface area contributed by atoms with Crippen LogP contribution in [-0.4, -0.2) is 54.0 Å². The molecule has 0 aromatic carbocycles. The third-order valence-corrected chi connectivity index (χ3v) is 6.42. The summed E-state index contributed by atoms with van der Waals surface area (Å²) in [6, 6.07) is 1.07. The van der Waals surface area contributed by atoms with Crippen LogP contribution in [0.25, 0.3) is 0 Å².